The Morgan fingerprint density at radius 3 is 2.61 bits per heavy atom. The third-order valence-electron chi connectivity index (χ3n) is 7.20. The first-order valence-corrected chi connectivity index (χ1v) is 11.9. The highest BCUT2D eigenvalue weighted by atomic mass is 32.2. The van der Waals surface area contributed by atoms with Crippen LogP contribution in [-0.4, -0.2) is 72.4 Å². The molecule has 31 heavy (non-hydrogen) atoms. The second-order valence-electron chi connectivity index (χ2n) is 9.81. The van der Waals surface area contributed by atoms with Crippen molar-refractivity contribution in [2.75, 3.05) is 38.1 Å². The molecule has 2 saturated heterocycles. The van der Waals surface area contributed by atoms with Gasteiger partial charge in [-0.1, -0.05) is 6.07 Å². The summed E-state index contributed by atoms with van der Waals surface area (Å²) < 4.78 is 23.0. The number of carbonyl (C=O) groups is 1. The van der Waals surface area contributed by atoms with Crippen molar-refractivity contribution < 1.29 is 13.2 Å². The number of carbonyl (C=O) groups excluding carboxylic acids is 1. The van der Waals surface area contributed by atoms with E-state index in [9.17, 15) is 13.2 Å². The molecule has 0 atom stereocenters. The number of fused-ring (bicyclic) bond motifs is 1. The summed E-state index contributed by atoms with van der Waals surface area (Å²) in [6.07, 6.45) is 3.28. The minimum absolute atomic E-state index is 0.160. The molecule has 2 fully saturated rings. The summed E-state index contributed by atoms with van der Waals surface area (Å²) in [5.41, 5.74) is 5.60. The predicted molar refractivity (Wildman–Crippen MR) is 119 cm³/mol. The molecule has 1 amide bonds. The number of thiol groups is 1. The molecule has 9 heteroatoms. The third kappa shape index (κ3) is 3.39. The van der Waals surface area contributed by atoms with Gasteiger partial charge < -0.3 is 4.90 Å². The Balaban J connectivity index is 1.25. The molecule has 0 bridgehead atoms. The maximum atomic E-state index is 11.9. The highest BCUT2D eigenvalue weighted by molar-refractivity contribution is 7.73. The summed E-state index contributed by atoms with van der Waals surface area (Å²) in [7, 11) is -0.635. The molecular weight excluding hydrogens is 414 g/mol. The Labute approximate surface area is 184 Å². The number of benzene rings is 1. The largest absolute Gasteiger partial charge is 0.315 e. The standard InChI is InChI=1S/C22H29N5O3S/c1-21(2,31(29)30)27-13-22(14-27)11-26(12-22)10-17-9-23-24-20(17)16-4-6-18-15(8-16)5-7-19(28)25(18)3/h4,6,8-9,31H,5,7,10-14H2,1-3H3,(H,23,24). The van der Waals surface area contributed by atoms with Crippen LogP contribution in [0.25, 0.3) is 11.3 Å². The molecule has 1 aromatic heterocycles. The van der Waals surface area contributed by atoms with Crippen LogP contribution in [0.1, 0.15) is 31.4 Å². The van der Waals surface area contributed by atoms with Crippen molar-refractivity contribution in [2.45, 2.75) is 38.1 Å². The zero-order valence-corrected chi connectivity index (χ0v) is 19.1. The van der Waals surface area contributed by atoms with Gasteiger partial charge in [-0.25, -0.2) is 8.42 Å². The molecule has 1 N–H and O–H groups in total. The molecule has 3 aliphatic rings. The van der Waals surface area contributed by atoms with Crippen LogP contribution in [0.2, 0.25) is 0 Å². The number of amides is 1. The van der Waals surface area contributed by atoms with Gasteiger partial charge in [0, 0.05) is 74.6 Å². The van der Waals surface area contributed by atoms with E-state index in [0.29, 0.717) is 6.42 Å². The Kier molecular flexibility index (Phi) is 4.76. The zero-order valence-electron chi connectivity index (χ0n) is 18.2. The molecular formula is C22H29N5O3S. The molecule has 8 nitrogen and oxygen atoms in total. The first-order chi connectivity index (χ1) is 14.7. The molecule has 0 radical (unpaired) electrons. The fourth-order valence-corrected chi connectivity index (χ4v) is 5.58. The van der Waals surface area contributed by atoms with Crippen LogP contribution in [0.5, 0.6) is 0 Å². The molecule has 3 aliphatic heterocycles. The highest BCUT2D eigenvalue weighted by Gasteiger charge is 2.55. The van der Waals surface area contributed by atoms with E-state index in [1.54, 1.807) is 18.7 Å². The van der Waals surface area contributed by atoms with Crippen molar-refractivity contribution in [3.63, 3.8) is 0 Å². The van der Waals surface area contributed by atoms with Crippen molar-refractivity contribution >= 4 is 22.3 Å². The van der Waals surface area contributed by atoms with E-state index in [-0.39, 0.29) is 11.3 Å². The fraction of sp³-hybridized carbons (Fsp3) is 0.545. The summed E-state index contributed by atoms with van der Waals surface area (Å²) in [5.74, 6) is 0.160. The molecule has 5 rings (SSSR count). The molecule has 0 unspecified atom stereocenters. The van der Waals surface area contributed by atoms with Gasteiger partial charge in [-0.2, -0.15) is 5.10 Å². The van der Waals surface area contributed by atoms with Gasteiger partial charge in [-0.15, -0.1) is 0 Å². The molecule has 1 spiro atoms. The van der Waals surface area contributed by atoms with Crippen LogP contribution in [0.3, 0.4) is 0 Å². The van der Waals surface area contributed by atoms with E-state index in [4.69, 9.17) is 0 Å². The summed E-state index contributed by atoms with van der Waals surface area (Å²) in [6.45, 7) is 8.04. The van der Waals surface area contributed by atoms with Crippen molar-refractivity contribution in [2.24, 2.45) is 5.41 Å². The normalized spacial score (nSPS) is 21.3. The van der Waals surface area contributed by atoms with E-state index in [1.165, 1.54) is 5.56 Å². The minimum atomic E-state index is -2.47. The minimum Gasteiger partial charge on any atom is -0.315 e. The third-order valence-corrected chi connectivity index (χ3v) is 8.38. The lowest BCUT2D eigenvalue weighted by Crippen LogP contribution is -2.75. The first-order valence-electron chi connectivity index (χ1n) is 10.7. The molecule has 166 valence electrons. The Morgan fingerprint density at radius 1 is 1.16 bits per heavy atom. The van der Waals surface area contributed by atoms with Crippen LogP contribution >= 0.6 is 0 Å². The summed E-state index contributed by atoms with van der Waals surface area (Å²) >= 11 is 0. The monoisotopic (exact) mass is 443 g/mol. The van der Waals surface area contributed by atoms with E-state index in [1.807, 2.05) is 25.4 Å². The van der Waals surface area contributed by atoms with Gasteiger partial charge in [0.1, 0.15) is 4.87 Å². The van der Waals surface area contributed by atoms with Gasteiger partial charge >= 0.3 is 0 Å². The molecule has 1 aromatic carbocycles. The molecule has 4 heterocycles. The SMILES string of the molecule is CN1C(=O)CCc2cc(-c3n[nH]cc3CN3CC4(C3)CN(C(C)(C)[SH](=O)=O)C4)ccc21. The summed E-state index contributed by atoms with van der Waals surface area (Å²) in [4.78, 5) is 17.4. The second kappa shape index (κ2) is 7.15. The number of aromatic amines is 1. The van der Waals surface area contributed by atoms with Crippen LogP contribution < -0.4 is 4.90 Å². The van der Waals surface area contributed by atoms with Crippen molar-refractivity contribution in [1.29, 1.82) is 0 Å². The van der Waals surface area contributed by atoms with Gasteiger partial charge in [0.05, 0.1) is 5.69 Å². The van der Waals surface area contributed by atoms with E-state index >= 15 is 0 Å². The van der Waals surface area contributed by atoms with Gasteiger partial charge in [0.2, 0.25) is 5.91 Å². The van der Waals surface area contributed by atoms with Gasteiger partial charge in [0.15, 0.2) is 10.7 Å². The summed E-state index contributed by atoms with van der Waals surface area (Å²) in [6, 6.07) is 6.22. The molecule has 0 aliphatic carbocycles. The maximum absolute atomic E-state index is 11.9. The number of likely N-dealkylation sites (tertiary alicyclic amines) is 2. The lowest BCUT2D eigenvalue weighted by atomic mass is 9.72. The van der Waals surface area contributed by atoms with Crippen LogP contribution in [0, 0.1) is 5.41 Å². The second-order valence-corrected chi connectivity index (χ2v) is 11.4. The summed E-state index contributed by atoms with van der Waals surface area (Å²) in [5, 5.41) is 7.52. The van der Waals surface area contributed by atoms with E-state index < -0.39 is 15.6 Å². The lowest BCUT2D eigenvalue weighted by Gasteiger charge is -2.63. The lowest BCUT2D eigenvalue weighted by molar-refractivity contribution is -0.135. The average Bonchev–Trinajstić information content (AvgIpc) is 3.13. The first kappa shape index (κ1) is 20.7. The van der Waals surface area contributed by atoms with Crippen LogP contribution in [-0.2, 0) is 28.5 Å². The number of aromatic nitrogens is 2. The molecule has 0 saturated carbocycles. The number of nitrogens with one attached hydrogen (secondary N) is 1. The number of nitrogens with zero attached hydrogens (tertiary/aromatic N) is 4. The van der Waals surface area contributed by atoms with Crippen molar-refractivity contribution in [3.05, 3.63) is 35.5 Å². The quantitative estimate of drug-likeness (QED) is 0.680. The van der Waals surface area contributed by atoms with E-state index in [0.717, 1.165) is 61.7 Å². The number of rotatable bonds is 5. The average molecular weight is 444 g/mol. The Hall–Kier alpha value is -2.23. The van der Waals surface area contributed by atoms with Gasteiger partial charge in [-0.3, -0.25) is 19.7 Å². The van der Waals surface area contributed by atoms with Crippen LogP contribution in [0.4, 0.5) is 5.69 Å². The maximum Gasteiger partial charge on any atom is 0.227 e. The Bertz CT molecular complexity index is 1100. The number of anilines is 1. The molecule has 2 aromatic rings. The number of aryl methyl sites for hydroxylation is 1. The zero-order chi connectivity index (χ0) is 22.0. The number of H-pyrrole nitrogens is 1. The van der Waals surface area contributed by atoms with Gasteiger partial charge in [0.25, 0.3) is 0 Å². The topological polar surface area (TPSA) is 89.6 Å². The Morgan fingerprint density at radius 2 is 1.90 bits per heavy atom. The highest BCUT2D eigenvalue weighted by Crippen LogP contribution is 2.44. The number of hydrogen-bond acceptors (Lipinski definition) is 6. The smallest absolute Gasteiger partial charge is 0.227 e. The van der Waals surface area contributed by atoms with Crippen LogP contribution in [0.15, 0.2) is 24.4 Å². The van der Waals surface area contributed by atoms with Crippen molar-refractivity contribution in [1.82, 2.24) is 20.0 Å². The van der Waals surface area contributed by atoms with Gasteiger partial charge in [-0.05, 0) is 38.0 Å². The fourth-order valence-electron chi connectivity index (χ4n) is 5.21. The van der Waals surface area contributed by atoms with Crippen molar-refractivity contribution in [3.8, 4) is 11.3 Å². The number of hydrogen-bond donors (Lipinski definition) is 2. The predicted octanol–water partition coefficient (Wildman–Crippen LogP) is 1.45. The van der Waals surface area contributed by atoms with E-state index in [2.05, 4.69) is 26.1 Å².